The van der Waals surface area contributed by atoms with Crippen molar-refractivity contribution < 1.29 is 28.6 Å². The van der Waals surface area contributed by atoms with E-state index in [9.17, 15) is 14.4 Å². The molecule has 0 spiro atoms. The van der Waals surface area contributed by atoms with Gasteiger partial charge < -0.3 is 14.2 Å². The van der Waals surface area contributed by atoms with Crippen LogP contribution in [0, 0.1) is 0 Å². The minimum atomic E-state index is -0.765. The van der Waals surface area contributed by atoms with Crippen molar-refractivity contribution in [3.05, 3.63) is 12.2 Å². The zero-order valence-electron chi connectivity index (χ0n) is 37.7. The first-order valence-electron chi connectivity index (χ1n) is 24.7. The number of carbonyl (C=O) groups is 3. The molecule has 0 saturated heterocycles. The summed E-state index contributed by atoms with van der Waals surface area (Å²) < 4.78 is 16.7. The lowest BCUT2D eigenvalue weighted by molar-refractivity contribution is -0.167. The van der Waals surface area contributed by atoms with Crippen LogP contribution in [0.2, 0.25) is 0 Å². The van der Waals surface area contributed by atoms with Gasteiger partial charge in [-0.3, -0.25) is 14.4 Å². The van der Waals surface area contributed by atoms with E-state index < -0.39 is 6.10 Å². The van der Waals surface area contributed by atoms with Crippen molar-refractivity contribution in [1.29, 1.82) is 0 Å². The van der Waals surface area contributed by atoms with Gasteiger partial charge in [-0.15, -0.1) is 0 Å². The Balaban J connectivity index is 4.33. The normalized spacial score (nSPS) is 12.0. The van der Waals surface area contributed by atoms with Gasteiger partial charge in [-0.2, -0.15) is 0 Å². The van der Waals surface area contributed by atoms with E-state index >= 15 is 0 Å². The van der Waals surface area contributed by atoms with Gasteiger partial charge in [-0.1, -0.05) is 219 Å². The predicted molar refractivity (Wildman–Crippen MR) is 238 cm³/mol. The average molecular weight is 791 g/mol. The van der Waals surface area contributed by atoms with E-state index in [1.54, 1.807) is 0 Å². The summed E-state index contributed by atoms with van der Waals surface area (Å²) >= 11 is 0. The van der Waals surface area contributed by atoms with Crippen molar-refractivity contribution >= 4 is 17.9 Å². The maximum absolute atomic E-state index is 12.7. The van der Waals surface area contributed by atoms with Crippen LogP contribution in [0.25, 0.3) is 0 Å². The maximum atomic E-state index is 12.7. The molecule has 6 heteroatoms. The van der Waals surface area contributed by atoms with Crippen molar-refractivity contribution in [1.82, 2.24) is 0 Å². The summed E-state index contributed by atoms with van der Waals surface area (Å²) in [6.45, 7) is 6.64. The minimum absolute atomic E-state index is 0.0677. The number of unbranched alkanes of at least 4 members (excludes halogenated alkanes) is 32. The van der Waals surface area contributed by atoms with Crippen molar-refractivity contribution in [2.24, 2.45) is 0 Å². The molecule has 330 valence electrons. The number of ether oxygens (including phenoxy) is 3. The zero-order chi connectivity index (χ0) is 40.8. The molecule has 0 fully saturated rings. The van der Waals surface area contributed by atoms with Crippen LogP contribution in [-0.2, 0) is 28.6 Å². The van der Waals surface area contributed by atoms with Gasteiger partial charge in [-0.25, -0.2) is 0 Å². The molecule has 0 unspecified atom stereocenters. The van der Waals surface area contributed by atoms with Gasteiger partial charge in [0.05, 0.1) is 0 Å². The van der Waals surface area contributed by atoms with Gasteiger partial charge in [-0.05, 0) is 44.9 Å². The SMILES string of the molecule is CCCCCCCC/C=C\CCCCCCCC(=O)OC[C@H](COC(=O)CCCCCCCCCCCCC)OC(=O)CCCCCCCCCCCCCC. The standard InChI is InChI=1S/C50H94O6/c1-4-7-10-13-16-19-22-24-25-26-29-31-34-37-40-43-49(52)55-46-47(45-54-48(51)42-39-36-33-30-27-21-18-15-12-9-6-3)56-50(53)44-41-38-35-32-28-23-20-17-14-11-8-5-2/h24-25,47H,4-23,26-46H2,1-3H3/b25-24-/t47-/m0/s1. The highest BCUT2D eigenvalue weighted by atomic mass is 16.6. The summed E-state index contributed by atoms with van der Waals surface area (Å²) in [4.78, 5) is 37.8. The molecular weight excluding hydrogens is 697 g/mol. The maximum Gasteiger partial charge on any atom is 0.306 e. The Bertz CT molecular complexity index is 870. The number of hydrogen-bond donors (Lipinski definition) is 0. The second kappa shape index (κ2) is 45.8. The van der Waals surface area contributed by atoms with Gasteiger partial charge in [0.2, 0.25) is 0 Å². The summed E-state index contributed by atoms with van der Waals surface area (Å²) in [6.07, 6.45) is 49.0. The summed E-state index contributed by atoms with van der Waals surface area (Å²) in [5.74, 6) is -0.865. The Hall–Kier alpha value is -1.85. The fourth-order valence-electron chi connectivity index (χ4n) is 7.26. The molecule has 0 bridgehead atoms. The molecule has 1 atom stereocenters. The van der Waals surface area contributed by atoms with E-state index in [1.165, 1.54) is 167 Å². The number of carbonyl (C=O) groups excluding carboxylic acids is 3. The molecule has 6 nitrogen and oxygen atoms in total. The molecule has 0 radical (unpaired) electrons. The minimum Gasteiger partial charge on any atom is -0.462 e. The van der Waals surface area contributed by atoms with Crippen molar-refractivity contribution in [2.75, 3.05) is 13.2 Å². The third-order valence-electron chi connectivity index (χ3n) is 11.0. The third kappa shape index (κ3) is 43.3. The molecule has 56 heavy (non-hydrogen) atoms. The number of allylic oxidation sites excluding steroid dienone is 2. The van der Waals surface area contributed by atoms with Gasteiger partial charge in [0.25, 0.3) is 0 Å². The van der Waals surface area contributed by atoms with E-state index in [-0.39, 0.29) is 31.1 Å². The van der Waals surface area contributed by atoms with Crippen LogP contribution < -0.4 is 0 Å². The fourth-order valence-corrected chi connectivity index (χ4v) is 7.26. The van der Waals surface area contributed by atoms with Crippen molar-refractivity contribution in [3.8, 4) is 0 Å². The summed E-state index contributed by atoms with van der Waals surface area (Å²) in [5, 5.41) is 0. The Morgan fingerprint density at radius 1 is 0.339 bits per heavy atom. The topological polar surface area (TPSA) is 78.9 Å². The molecule has 0 amide bonds. The average Bonchev–Trinajstić information content (AvgIpc) is 3.19. The Kier molecular flexibility index (Phi) is 44.3. The number of rotatable bonds is 45. The molecule has 0 aliphatic heterocycles. The number of hydrogen-bond acceptors (Lipinski definition) is 6. The lowest BCUT2D eigenvalue weighted by atomic mass is 10.0. The molecule has 0 aliphatic rings. The zero-order valence-corrected chi connectivity index (χ0v) is 37.7. The molecule has 0 aromatic rings. The first-order chi connectivity index (χ1) is 27.5. The summed E-state index contributed by atoms with van der Waals surface area (Å²) in [6, 6.07) is 0. The first kappa shape index (κ1) is 54.2. The summed E-state index contributed by atoms with van der Waals surface area (Å²) in [7, 11) is 0. The molecule has 0 N–H and O–H groups in total. The third-order valence-corrected chi connectivity index (χ3v) is 11.0. The van der Waals surface area contributed by atoms with Crippen molar-refractivity contribution in [3.63, 3.8) is 0 Å². The Morgan fingerprint density at radius 3 is 0.893 bits per heavy atom. The molecule has 0 saturated carbocycles. The molecule has 0 heterocycles. The second-order valence-electron chi connectivity index (χ2n) is 16.7. The lowest BCUT2D eigenvalue weighted by Gasteiger charge is -2.18. The Morgan fingerprint density at radius 2 is 0.589 bits per heavy atom. The van der Waals surface area contributed by atoms with E-state index in [1.807, 2.05) is 0 Å². The van der Waals surface area contributed by atoms with Gasteiger partial charge in [0.1, 0.15) is 13.2 Å². The van der Waals surface area contributed by atoms with E-state index in [0.29, 0.717) is 19.3 Å². The van der Waals surface area contributed by atoms with Gasteiger partial charge in [0, 0.05) is 19.3 Å². The second-order valence-corrected chi connectivity index (χ2v) is 16.7. The van der Waals surface area contributed by atoms with E-state index in [2.05, 4.69) is 32.9 Å². The van der Waals surface area contributed by atoms with Crippen LogP contribution in [0.15, 0.2) is 12.2 Å². The molecular formula is C50H94O6. The quantitative estimate of drug-likeness (QED) is 0.0264. The van der Waals surface area contributed by atoms with E-state index in [0.717, 1.165) is 64.2 Å². The number of esters is 3. The highest BCUT2D eigenvalue weighted by molar-refractivity contribution is 5.71. The molecule has 0 aromatic carbocycles. The Labute approximate surface area is 348 Å². The van der Waals surface area contributed by atoms with Gasteiger partial charge in [0.15, 0.2) is 6.10 Å². The van der Waals surface area contributed by atoms with E-state index in [4.69, 9.17) is 14.2 Å². The molecule has 0 aromatic heterocycles. The monoisotopic (exact) mass is 791 g/mol. The first-order valence-corrected chi connectivity index (χ1v) is 24.7. The molecule has 0 rings (SSSR count). The predicted octanol–water partition coefficient (Wildman–Crippen LogP) is 15.8. The molecule has 0 aliphatic carbocycles. The van der Waals surface area contributed by atoms with Crippen LogP contribution in [0.1, 0.15) is 271 Å². The fraction of sp³-hybridized carbons (Fsp3) is 0.900. The van der Waals surface area contributed by atoms with Crippen LogP contribution in [-0.4, -0.2) is 37.2 Å². The summed E-state index contributed by atoms with van der Waals surface area (Å²) in [5.41, 5.74) is 0. The van der Waals surface area contributed by atoms with Crippen LogP contribution in [0.5, 0.6) is 0 Å². The van der Waals surface area contributed by atoms with Crippen molar-refractivity contribution in [2.45, 2.75) is 277 Å². The highest BCUT2D eigenvalue weighted by Crippen LogP contribution is 2.15. The van der Waals surface area contributed by atoms with Crippen LogP contribution >= 0.6 is 0 Å². The van der Waals surface area contributed by atoms with Crippen LogP contribution in [0.4, 0.5) is 0 Å². The largest absolute Gasteiger partial charge is 0.462 e. The van der Waals surface area contributed by atoms with Crippen LogP contribution in [0.3, 0.4) is 0 Å². The lowest BCUT2D eigenvalue weighted by Crippen LogP contribution is -2.30. The highest BCUT2D eigenvalue weighted by Gasteiger charge is 2.19. The van der Waals surface area contributed by atoms with Gasteiger partial charge >= 0.3 is 17.9 Å². The smallest absolute Gasteiger partial charge is 0.306 e.